The Kier molecular flexibility index (Phi) is 1.67. The molecular formula is C8H15NO2. The van der Waals surface area contributed by atoms with E-state index in [1.54, 1.807) is 0 Å². The molecule has 0 aromatic rings. The monoisotopic (exact) mass is 157 g/mol. The topological polar surface area (TPSA) is 43.7 Å². The van der Waals surface area contributed by atoms with Gasteiger partial charge in [-0.2, -0.15) is 0 Å². The molecule has 3 heteroatoms. The third kappa shape index (κ3) is 1.08. The number of likely N-dealkylation sites (N-methyl/N-ethyl adjacent to an activating group) is 1. The molecular weight excluding hydrogens is 142 g/mol. The summed E-state index contributed by atoms with van der Waals surface area (Å²) in [6.45, 7) is 0. The summed E-state index contributed by atoms with van der Waals surface area (Å²) in [4.78, 5) is 2.21. The summed E-state index contributed by atoms with van der Waals surface area (Å²) in [6, 6.07) is 0.627. The fraction of sp³-hybridized carbons (Fsp3) is 1.00. The maximum absolute atomic E-state index is 9.53. The lowest BCUT2D eigenvalue weighted by Gasteiger charge is -2.34. The van der Waals surface area contributed by atoms with Crippen LogP contribution in [0.3, 0.4) is 0 Å². The van der Waals surface area contributed by atoms with Crippen LogP contribution in [0.25, 0.3) is 0 Å². The molecule has 0 unspecified atom stereocenters. The van der Waals surface area contributed by atoms with Gasteiger partial charge in [0.05, 0.1) is 12.2 Å². The summed E-state index contributed by atoms with van der Waals surface area (Å²) in [5.74, 6) is 0. The van der Waals surface area contributed by atoms with Gasteiger partial charge in [-0.15, -0.1) is 0 Å². The lowest BCUT2D eigenvalue weighted by atomic mass is 10.0. The van der Waals surface area contributed by atoms with Crippen molar-refractivity contribution in [1.82, 2.24) is 4.90 Å². The fourth-order valence-electron chi connectivity index (χ4n) is 2.42. The third-order valence-corrected chi connectivity index (χ3v) is 3.11. The van der Waals surface area contributed by atoms with Gasteiger partial charge in [0.15, 0.2) is 0 Å². The summed E-state index contributed by atoms with van der Waals surface area (Å²) in [7, 11) is 2.04. The molecule has 3 nitrogen and oxygen atoms in total. The molecule has 0 aliphatic carbocycles. The molecule has 0 amide bonds. The molecule has 0 aromatic carbocycles. The molecule has 2 rings (SSSR count). The smallest absolute Gasteiger partial charge is 0.0711 e. The molecule has 2 aliphatic rings. The lowest BCUT2D eigenvalue weighted by molar-refractivity contribution is 0.0282. The van der Waals surface area contributed by atoms with Crippen LogP contribution in [0, 0.1) is 0 Å². The average molecular weight is 157 g/mol. The molecule has 0 spiro atoms. The van der Waals surface area contributed by atoms with E-state index in [0.29, 0.717) is 6.04 Å². The van der Waals surface area contributed by atoms with Crippen LogP contribution >= 0.6 is 0 Å². The van der Waals surface area contributed by atoms with Crippen LogP contribution in [0.15, 0.2) is 0 Å². The van der Waals surface area contributed by atoms with Crippen molar-refractivity contribution >= 4 is 0 Å². The van der Waals surface area contributed by atoms with Gasteiger partial charge in [0.2, 0.25) is 0 Å². The van der Waals surface area contributed by atoms with Crippen LogP contribution in [-0.2, 0) is 0 Å². The zero-order valence-corrected chi connectivity index (χ0v) is 6.77. The van der Waals surface area contributed by atoms with Crippen molar-refractivity contribution in [3.8, 4) is 0 Å². The molecule has 2 N–H and O–H groups in total. The van der Waals surface area contributed by atoms with Crippen LogP contribution < -0.4 is 0 Å². The van der Waals surface area contributed by atoms with Crippen molar-refractivity contribution < 1.29 is 10.2 Å². The summed E-state index contributed by atoms with van der Waals surface area (Å²) in [6.07, 6.45) is 2.04. The van der Waals surface area contributed by atoms with Gasteiger partial charge >= 0.3 is 0 Å². The standard InChI is InChI=1S/C8H15NO2/c1-9-5-2-6(10)4-7(9)8(11)3-5/h5-8,10-11H,2-4H2,1H3/t5-,6-,7+,8+/m0/s1. The quantitative estimate of drug-likeness (QED) is 0.501. The van der Waals surface area contributed by atoms with Crippen LogP contribution in [0.5, 0.6) is 0 Å². The Morgan fingerprint density at radius 3 is 2.55 bits per heavy atom. The van der Waals surface area contributed by atoms with Crippen molar-refractivity contribution in [2.45, 2.75) is 43.6 Å². The van der Waals surface area contributed by atoms with Gasteiger partial charge in [-0.05, 0) is 26.3 Å². The van der Waals surface area contributed by atoms with Gasteiger partial charge in [-0.25, -0.2) is 0 Å². The van der Waals surface area contributed by atoms with E-state index in [2.05, 4.69) is 4.90 Å². The van der Waals surface area contributed by atoms with Crippen molar-refractivity contribution in [1.29, 1.82) is 0 Å². The molecule has 2 heterocycles. The second-order valence-electron chi connectivity index (χ2n) is 3.81. The number of nitrogens with zero attached hydrogens (tertiary/aromatic N) is 1. The highest BCUT2D eigenvalue weighted by atomic mass is 16.3. The Labute approximate surface area is 66.6 Å². The molecule has 2 fully saturated rings. The SMILES string of the molecule is CN1[C@H]2C[C@H](O)C[C@@H]1[C@H](O)C2. The van der Waals surface area contributed by atoms with Gasteiger partial charge in [0, 0.05) is 12.1 Å². The summed E-state index contributed by atoms with van der Waals surface area (Å²) >= 11 is 0. The minimum absolute atomic E-state index is 0.182. The van der Waals surface area contributed by atoms with Crippen LogP contribution in [0.2, 0.25) is 0 Å². The zero-order valence-electron chi connectivity index (χ0n) is 6.77. The van der Waals surface area contributed by atoms with E-state index in [4.69, 9.17) is 0 Å². The van der Waals surface area contributed by atoms with E-state index >= 15 is 0 Å². The first-order chi connectivity index (χ1) is 5.18. The summed E-state index contributed by atoms with van der Waals surface area (Å²) in [5, 5.41) is 18.9. The Bertz CT molecular complexity index is 160. The van der Waals surface area contributed by atoms with E-state index < -0.39 is 0 Å². The average Bonchev–Trinajstić information content (AvgIpc) is 2.17. The molecule has 2 bridgehead atoms. The molecule has 0 saturated carbocycles. The van der Waals surface area contributed by atoms with E-state index in [-0.39, 0.29) is 18.2 Å². The number of aliphatic hydroxyl groups is 2. The molecule has 2 saturated heterocycles. The summed E-state index contributed by atoms with van der Waals surface area (Å²) in [5.41, 5.74) is 0. The Morgan fingerprint density at radius 1 is 1.18 bits per heavy atom. The lowest BCUT2D eigenvalue weighted by Crippen LogP contribution is -2.44. The first-order valence-corrected chi connectivity index (χ1v) is 4.26. The first-order valence-electron chi connectivity index (χ1n) is 4.26. The highest BCUT2D eigenvalue weighted by Gasteiger charge is 2.43. The van der Waals surface area contributed by atoms with E-state index in [1.807, 2.05) is 7.05 Å². The molecule has 64 valence electrons. The molecule has 2 aliphatic heterocycles. The number of aliphatic hydroxyl groups excluding tert-OH is 2. The zero-order chi connectivity index (χ0) is 8.01. The van der Waals surface area contributed by atoms with Crippen LogP contribution in [0.4, 0.5) is 0 Å². The summed E-state index contributed by atoms with van der Waals surface area (Å²) < 4.78 is 0. The number of hydrogen-bond acceptors (Lipinski definition) is 3. The number of rotatable bonds is 0. The predicted octanol–water partition coefficient (Wildman–Crippen LogP) is -0.425. The van der Waals surface area contributed by atoms with Crippen molar-refractivity contribution in [3.05, 3.63) is 0 Å². The van der Waals surface area contributed by atoms with Gasteiger partial charge in [0.1, 0.15) is 0 Å². The minimum atomic E-state index is -0.206. The molecule has 4 atom stereocenters. The number of hydrogen-bond donors (Lipinski definition) is 2. The molecule has 0 aromatic heterocycles. The maximum Gasteiger partial charge on any atom is 0.0711 e. The Morgan fingerprint density at radius 2 is 1.91 bits per heavy atom. The Hall–Kier alpha value is -0.120. The predicted molar refractivity (Wildman–Crippen MR) is 41.2 cm³/mol. The van der Waals surface area contributed by atoms with Gasteiger partial charge in [0.25, 0.3) is 0 Å². The van der Waals surface area contributed by atoms with E-state index in [0.717, 1.165) is 19.3 Å². The normalized spacial score (nSPS) is 51.5. The maximum atomic E-state index is 9.53. The van der Waals surface area contributed by atoms with Gasteiger partial charge in [-0.3, -0.25) is 4.90 Å². The van der Waals surface area contributed by atoms with Crippen molar-refractivity contribution in [3.63, 3.8) is 0 Å². The largest absolute Gasteiger partial charge is 0.393 e. The highest BCUT2D eigenvalue weighted by Crippen LogP contribution is 2.34. The minimum Gasteiger partial charge on any atom is -0.393 e. The second-order valence-corrected chi connectivity index (χ2v) is 3.81. The van der Waals surface area contributed by atoms with Gasteiger partial charge < -0.3 is 10.2 Å². The number of piperidine rings is 1. The van der Waals surface area contributed by atoms with E-state index in [1.165, 1.54) is 0 Å². The fourth-order valence-corrected chi connectivity index (χ4v) is 2.42. The first kappa shape index (κ1) is 7.53. The van der Waals surface area contributed by atoms with Crippen molar-refractivity contribution in [2.75, 3.05) is 7.05 Å². The molecule has 0 radical (unpaired) electrons. The van der Waals surface area contributed by atoms with Gasteiger partial charge in [-0.1, -0.05) is 0 Å². The van der Waals surface area contributed by atoms with Crippen LogP contribution in [-0.4, -0.2) is 46.5 Å². The highest BCUT2D eigenvalue weighted by molar-refractivity contribution is 4.98. The van der Waals surface area contributed by atoms with Crippen LogP contribution in [0.1, 0.15) is 19.3 Å². The third-order valence-electron chi connectivity index (χ3n) is 3.11. The second kappa shape index (κ2) is 2.44. The Balaban J connectivity index is 2.14. The van der Waals surface area contributed by atoms with E-state index in [9.17, 15) is 10.2 Å². The van der Waals surface area contributed by atoms with Crippen molar-refractivity contribution in [2.24, 2.45) is 0 Å². The number of fused-ring (bicyclic) bond motifs is 2. The molecule has 11 heavy (non-hydrogen) atoms.